The molecule has 1 fully saturated rings. The first-order valence-corrected chi connectivity index (χ1v) is 12.3. The van der Waals surface area contributed by atoms with E-state index in [1.54, 1.807) is 0 Å². The summed E-state index contributed by atoms with van der Waals surface area (Å²) in [5, 5.41) is 14.7. The minimum absolute atomic E-state index is 0.250. The Morgan fingerprint density at radius 1 is 0.971 bits per heavy atom. The van der Waals surface area contributed by atoms with Crippen LogP contribution in [0.25, 0.3) is 22.2 Å². The first kappa shape index (κ1) is 22.9. The van der Waals surface area contributed by atoms with Crippen LogP contribution >= 0.6 is 0 Å². The number of para-hydroxylation sites is 1. The molecule has 4 aromatic rings. The van der Waals surface area contributed by atoms with Crippen molar-refractivity contribution < 1.29 is 9.53 Å². The Kier molecular flexibility index (Phi) is 6.68. The molecule has 0 saturated carbocycles. The Morgan fingerprint density at radius 2 is 1.69 bits per heavy atom. The van der Waals surface area contributed by atoms with Crippen LogP contribution < -0.4 is 15.5 Å². The molecule has 2 amide bonds. The summed E-state index contributed by atoms with van der Waals surface area (Å²) in [4.78, 5) is 15.2. The number of urea groups is 1. The maximum atomic E-state index is 12.9. The van der Waals surface area contributed by atoms with Gasteiger partial charge in [-0.15, -0.1) is 0 Å². The molecule has 0 aliphatic carbocycles. The van der Waals surface area contributed by atoms with Crippen LogP contribution in [0.5, 0.6) is 0 Å². The van der Waals surface area contributed by atoms with Crippen LogP contribution in [0.1, 0.15) is 25.0 Å². The minimum atomic E-state index is -0.250. The van der Waals surface area contributed by atoms with Gasteiger partial charge in [-0.3, -0.25) is 5.10 Å². The molecule has 1 aliphatic rings. The molecule has 7 heteroatoms. The number of benzene rings is 3. The van der Waals surface area contributed by atoms with E-state index in [1.165, 1.54) is 5.69 Å². The third-order valence-corrected chi connectivity index (χ3v) is 6.58. The highest BCUT2D eigenvalue weighted by molar-refractivity contribution is 6.03. The van der Waals surface area contributed by atoms with Gasteiger partial charge in [0.05, 0.1) is 24.4 Å². The van der Waals surface area contributed by atoms with Crippen molar-refractivity contribution >= 4 is 34.0 Å². The zero-order chi connectivity index (χ0) is 24.2. The first-order chi connectivity index (χ1) is 17.2. The van der Waals surface area contributed by atoms with Gasteiger partial charge in [-0.25, -0.2) is 4.79 Å². The summed E-state index contributed by atoms with van der Waals surface area (Å²) < 4.78 is 5.46. The number of nitrogens with zero attached hydrogens (tertiary/aromatic N) is 2. The average molecular weight is 470 g/mol. The fraction of sp³-hybridized carbons (Fsp3) is 0.286. The van der Waals surface area contributed by atoms with Gasteiger partial charge in [0.2, 0.25) is 0 Å². The van der Waals surface area contributed by atoms with Crippen molar-refractivity contribution in [2.24, 2.45) is 0 Å². The fourth-order valence-corrected chi connectivity index (χ4v) is 4.64. The van der Waals surface area contributed by atoms with Gasteiger partial charge >= 0.3 is 6.03 Å². The summed E-state index contributed by atoms with van der Waals surface area (Å²) >= 11 is 0. The molecule has 0 atom stereocenters. The number of nitrogens with one attached hydrogen (secondary N) is 3. The summed E-state index contributed by atoms with van der Waals surface area (Å²) in [7, 11) is 0. The Labute approximate surface area is 205 Å². The molecule has 7 nitrogen and oxygen atoms in total. The number of aromatic nitrogens is 2. The van der Waals surface area contributed by atoms with Crippen molar-refractivity contribution in [3.8, 4) is 11.3 Å². The van der Waals surface area contributed by atoms with Crippen LogP contribution in [0.3, 0.4) is 0 Å². The molecule has 0 spiro atoms. The van der Waals surface area contributed by atoms with E-state index in [2.05, 4.69) is 76.0 Å². The highest BCUT2D eigenvalue weighted by Gasteiger charge is 2.14. The standard InChI is InChI=1S/C28H31N5O2/c1-3-19-6-5-7-20(4-2)26(19)30-28(34)29-22-10-13-25-24(18-22)27(32-31-25)21-8-11-23(12-9-21)33-14-16-35-17-15-33/h5-13,18H,3-4,14-17H2,1-2H3,(H,31,32)(H2,29,30,34). The van der Waals surface area contributed by atoms with Crippen molar-refractivity contribution in [1.29, 1.82) is 0 Å². The SMILES string of the molecule is CCc1cccc(CC)c1NC(=O)Nc1ccc2[nH]nc(-c3ccc(N4CCOCC4)cc3)c2c1. The first-order valence-electron chi connectivity index (χ1n) is 12.3. The van der Waals surface area contributed by atoms with E-state index in [0.717, 1.165) is 83.8 Å². The van der Waals surface area contributed by atoms with Crippen molar-refractivity contribution in [3.63, 3.8) is 0 Å². The summed E-state index contributed by atoms with van der Waals surface area (Å²) in [5.74, 6) is 0. The molecular formula is C28H31N5O2. The third-order valence-electron chi connectivity index (χ3n) is 6.58. The summed E-state index contributed by atoms with van der Waals surface area (Å²) in [6.07, 6.45) is 1.72. The van der Waals surface area contributed by atoms with Crippen molar-refractivity contribution in [1.82, 2.24) is 10.2 Å². The van der Waals surface area contributed by atoms with Gasteiger partial charge in [-0.1, -0.05) is 44.2 Å². The van der Waals surface area contributed by atoms with Crippen LogP contribution in [0.4, 0.5) is 21.9 Å². The highest BCUT2D eigenvalue weighted by atomic mass is 16.5. The lowest BCUT2D eigenvalue weighted by atomic mass is 10.0. The van der Waals surface area contributed by atoms with Crippen molar-refractivity contribution in [2.75, 3.05) is 41.8 Å². The maximum absolute atomic E-state index is 12.9. The van der Waals surface area contributed by atoms with E-state index in [1.807, 2.05) is 24.3 Å². The van der Waals surface area contributed by atoms with Gasteiger partial charge in [0, 0.05) is 41.1 Å². The number of morpholine rings is 1. The van der Waals surface area contributed by atoms with E-state index < -0.39 is 0 Å². The predicted molar refractivity (Wildman–Crippen MR) is 142 cm³/mol. The van der Waals surface area contributed by atoms with Crippen molar-refractivity contribution in [2.45, 2.75) is 26.7 Å². The topological polar surface area (TPSA) is 82.3 Å². The number of anilines is 3. The number of carbonyl (C=O) groups is 1. The van der Waals surface area contributed by atoms with Crippen LogP contribution in [-0.2, 0) is 17.6 Å². The number of H-pyrrole nitrogens is 1. The summed E-state index contributed by atoms with van der Waals surface area (Å²) in [6, 6.07) is 20.2. The number of hydrogen-bond donors (Lipinski definition) is 3. The molecule has 0 radical (unpaired) electrons. The number of aryl methyl sites for hydroxylation is 2. The smallest absolute Gasteiger partial charge is 0.323 e. The number of hydrogen-bond acceptors (Lipinski definition) is 4. The lowest BCUT2D eigenvalue weighted by Crippen LogP contribution is -2.36. The zero-order valence-electron chi connectivity index (χ0n) is 20.2. The Balaban J connectivity index is 1.36. The van der Waals surface area contributed by atoms with Gasteiger partial charge in [-0.05, 0) is 54.3 Å². The number of rotatable bonds is 6. The van der Waals surface area contributed by atoms with Gasteiger partial charge in [-0.2, -0.15) is 5.10 Å². The van der Waals surface area contributed by atoms with Crippen LogP contribution in [-0.4, -0.2) is 42.5 Å². The second-order valence-corrected chi connectivity index (χ2v) is 8.72. The quantitative estimate of drug-likeness (QED) is 0.332. The fourth-order valence-electron chi connectivity index (χ4n) is 4.64. The van der Waals surface area contributed by atoms with E-state index >= 15 is 0 Å². The molecule has 5 rings (SSSR count). The van der Waals surface area contributed by atoms with E-state index in [-0.39, 0.29) is 6.03 Å². The molecule has 0 bridgehead atoms. The van der Waals surface area contributed by atoms with Gasteiger partial charge in [0.15, 0.2) is 0 Å². The third kappa shape index (κ3) is 4.86. The molecule has 180 valence electrons. The average Bonchev–Trinajstić information content (AvgIpc) is 3.32. The molecule has 0 unspecified atom stereocenters. The van der Waals surface area contributed by atoms with Crippen LogP contribution in [0, 0.1) is 0 Å². The van der Waals surface area contributed by atoms with E-state index in [4.69, 9.17) is 4.74 Å². The molecule has 35 heavy (non-hydrogen) atoms. The van der Waals surface area contributed by atoms with Crippen LogP contribution in [0.2, 0.25) is 0 Å². The normalized spacial score (nSPS) is 13.7. The number of ether oxygens (including phenoxy) is 1. The molecule has 1 aromatic heterocycles. The van der Waals surface area contributed by atoms with Gasteiger partial charge in [0.25, 0.3) is 0 Å². The van der Waals surface area contributed by atoms with E-state index in [0.29, 0.717) is 0 Å². The monoisotopic (exact) mass is 469 g/mol. The second-order valence-electron chi connectivity index (χ2n) is 8.72. The second kappa shape index (κ2) is 10.2. The van der Waals surface area contributed by atoms with Gasteiger partial charge in [0.1, 0.15) is 0 Å². The Morgan fingerprint density at radius 3 is 2.37 bits per heavy atom. The Hall–Kier alpha value is -3.84. The highest BCUT2D eigenvalue weighted by Crippen LogP contribution is 2.30. The number of fused-ring (bicyclic) bond motifs is 1. The largest absolute Gasteiger partial charge is 0.378 e. The van der Waals surface area contributed by atoms with E-state index in [9.17, 15) is 4.79 Å². The maximum Gasteiger partial charge on any atom is 0.323 e. The summed E-state index contributed by atoms with van der Waals surface area (Å²) in [5.41, 5.74) is 7.89. The van der Waals surface area contributed by atoms with Crippen molar-refractivity contribution in [3.05, 3.63) is 71.8 Å². The lowest BCUT2D eigenvalue weighted by molar-refractivity contribution is 0.122. The predicted octanol–water partition coefficient (Wildman–Crippen LogP) is 5.84. The molecule has 3 aromatic carbocycles. The molecular weight excluding hydrogens is 438 g/mol. The lowest BCUT2D eigenvalue weighted by Gasteiger charge is -2.28. The van der Waals surface area contributed by atoms with Crippen LogP contribution in [0.15, 0.2) is 60.7 Å². The summed E-state index contributed by atoms with van der Waals surface area (Å²) in [6.45, 7) is 7.53. The molecule has 2 heterocycles. The molecule has 1 aliphatic heterocycles. The molecule has 1 saturated heterocycles. The number of aromatic amines is 1. The molecule has 3 N–H and O–H groups in total. The van der Waals surface area contributed by atoms with Gasteiger partial charge < -0.3 is 20.3 Å². The number of carbonyl (C=O) groups excluding carboxylic acids is 1. The zero-order valence-corrected chi connectivity index (χ0v) is 20.2. The number of amides is 2. The Bertz CT molecular complexity index is 1300. The minimum Gasteiger partial charge on any atom is -0.378 e.